The fourth-order valence-electron chi connectivity index (χ4n) is 4.40. The molecule has 29 heavy (non-hydrogen) atoms. The Labute approximate surface area is 170 Å². The number of allylic oxidation sites excluding steroid dienone is 2. The van der Waals surface area contributed by atoms with Crippen LogP contribution in [0.4, 0.5) is 0 Å². The third-order valence-electron chi connectivity index (χ3n) is 5.75. The van der Waals surface area contributed by atoms with Crippen LogP contribution in [-0.2, 0) is 4.79 Å². The molecule has 0 amide bonds. The van der Waals surface area contributed by atoms with E-state index in [4.69, 9.17) is 4.98 Å². The molecular formula is C27H21NO. The van der Waals surface area contributed by atoms with Crippen molar-refractivity contribution in [1.82, 2.24) is 4.98 Å². The van der Waals surface area contributed by atoms with Gasteiger partial charge in [0.05, 0.1) is 5.52 Å². The van der Waals surface area contributed by atoms with Gasteiger partial charge in [0, 0.05) is 29.3 Å². The zero-order chi connectivity index (χ0) is 19.6. The minimum absolute atomic E-state index is 0.0297. The van der Waals surface area contributed by atoms with Crippen LogP contribution in [0, 0.1) is 0 Å². The molecule has 140 valence electrons. The van der Waals surface area contributed by atoms with E-state index >= 15 is 0 Å². The molecule has 1 heterocycles. The summed E-state index contributed by atoms with van der Waals surface area (Å²) in [4.78, 5) is 17.7. The van der Waals surface area contributed by atoms with E-state index in [0.717, 1.165) is 27.7 Å². The van der Waals surface area contributed by atoms with Gasteiger partial charge in [-0.05, 0) is 34.9 Å². The zero-order valence-electron chi connectivity index (χ0n) is 16.0. The standard InChI is InChI=1S/C27H21NO/c29-22-17-23(19-9-3-1-4-10-19)27(24(18-22)20-11-5-2-6-12-20)26-16-15-21-13-7-8-14-25(21)28-26/h1-17,24,27H,18H2. The fourth-order valence-corrected chi connectivity index (χ4v) is 4.40. The van der Waals surface area contributed by atoms with Gasteiger partial charge in [0.1, 0.15) is 0 Å². The van der Waals surface area contributed by atoms with Gasteiger partial charge in [-0.2, -0.15) is 0 Å². The molecule has 3 aromatic carbocycles. The molecule has 0 bridgehead atoms. The van der Waals surface area contributed by atoms with Crippen LogP contribution < -0.4 is 0 Å². The molecule has 0 fully saturated rings. The Morgan fingerprint density at radius 3 is 2.21 bits per heavy atom. The highest BCUT2D eigenvalue weighted by Crippen LogP contribution is 2.47. The molecule has 2 atom stereocenters. The number of aromatic nitrogens is 1. The predicted octanol–water partition coefficient (Wildman–Crippen LogP) is 6.16. The lowest BCUT2D eigenvalue weighted by molar-refractivity contribution is -0.115. The Bertz CT molecular complexity index is 1190. The molecule has 0 aliphatic heterocycles. The Balaban J connectivity index is 1.71. The molecule has 0 N–H and O–H groups in total. The third-order valence-corrected chi connectivity index (χ3v) is 5.75. The first kappa shape index (κ1) is 17.6. The van der Waals surface area contributed by atoms with Crippen LogP contribution in [-0.4, -0.2) is 10.8 Å². The van der Waals surface area contributed by atoms with Gasteiger partial charge in [-0.1, -0.05) is 84.9 Å². The normalized spacial score (nSPS) is 19.2. The van der Waals surface area contributed by atoms with Crippen molar-refractivity contribution in [3.63, 3.8) is 0 Å². The maximum absolute atomic E-state index is 12.7. The molecule has 1 aliphatic rings. The number of carbonyl (C=O) groups excluding carboxylic acids is 1. The second-order valence-corrected chi connectivity index (χ2v) is 7.56. The molecule has 0 spiro atoms. The van der Waals surface area contributed by atoms with E-state index in [0.29, 0.717) is 6.42 Å². The minimum Gasteiger partial charge on any atom is -0.295 e. The summed E-state index contributed by atoms with van der Waals surface area (Å²) in [5, 5.41) is 1.13. The van der Waals surface area contributed by atoms with Crippen molar-refractivity contribution in [1.29, 1.82) is 0 Å². The number of para-hydroxylation sites is 1. The highest BCUT2D eigenvalue weighted by molar-refractivity contribution is 6.01. The van der Waals surface area contributed by atoms with E-state index in [2.05, 4.69) is 48.5 Å². The van der Waals surface area contributed by atoms with E-state index in [1.165, 1.54) is 5.56 Å². The molecule has 5 rings (SSSR count). The number of pyridine rings is 1. The van der Waals surface area contributed by atoms with Crippen LogP contribution in [0.5, 0.6) is 0 Å². The van der Waals surface area contributed by atoms with E-state index in [1.807, 2.05) is 54.6 Å². The monoisotopic (exact) mass is 375 g/mol. The SMILES string of the molecule is O=C1C=C(c2ccccc2)C(c2ccc3ccccc3n2)C(c2ccccc2)C1. The number of hydrogen-bond donors (Lipinski definition) is 0. The second-order valence-electron chi connectivity index (χ2n) is 7.56. The number of carbonyl (C=O) groups is 1. The lowest BCUT2D eigenvalue weighted by Gasteiger charge is -2.32. The quantitative estimate of drug-likeness (QED) is 0.429. The lowest BCUT2D eigenvalue weighted by atomic mass is 9.71. The molecule has 2 unspecified atom stereocenters. The maximum Gasteiger partial charge on any atom is 0.156 e. The van der Waals surface area contributed by atoms with Gasteiger partial charge in [-0.3, -0.25) is 9.78 Å². The molecule has 0 radical (unpaired) electrons. The Hall–Kier alpha value is -3.52. The first-order valence-electron chi connectivity index (χ1n) is 10.00. The third kappa shape index (κ3) is 3.38. The van der Waals surface area contributed by atoms with Crippen molar-refractivity contribution >= 4 is 22.3 Å². The van der Waals surface area contributed by atoms with E-state index in [9.17, 15) is 4.79 Å². The van der Waals surface area contributed by atoms with Gasteiger partial charge in [0.25, 0.3) is 0 Å². The summed E-state index contributed by atoms with van der Waals surface area (Å²) < 4.78 is 0. The number of ketones is 1. The smallest absolute Gasteiger partial charge is 0.156 e. The number of nitrogens with zero attached hydrogens (tertiary/aromatic N) is 1. The van der Waals surface area contributed by atoms with Crippen molar-refractivity contribution in [2.75, 3.05) is 0 Å². The number of rotatable bonds is 3. The summed E-state index contributed by atoms with van der Waals surface area (Å²) >= 11 is 0. The highest BCUT2D eigenvalue weighted by atomic mass is 16.1. The first-order valence-corrected chi connectivity index (χ1v) is 10.00. The summed E-state index contributed by atoms with van der Waals surface area (Å²) in [6, 6.07) is 33.0. The van der Waals surface area contributed by atoms with E-state index in [1.54, 1.807) is 0 Å². The molecule has 0 saturated heterocycles. The highest BCUT2D eigenvalue weighted by Gasteiger charge is 2.35. The van der Waals surface area contributed by atoms with Gasteiger partial charge >= 0.3 is 0 Å². The van der Waals surface area contributed by atoms with Crippen LogP contribution in [0.2, 0.25) is 0 Å². The van der Waals surface area contributed by atoms with Gasteiger partial charge in [0.15, 0.2) is 5.78 Å². The average Bonchev–Trinajstić information content (AvgIpc) is 2.79. The zero-order valence-corrected chi connectivity index (χ0v) is 16.0. The molecule has 1 aliphatic carbocycles. The van der Waals surface area contributed by atoms with Crippen molar-refractivity contribution < 1.29 is 4.79 Å². The maximum atomic E-state index is 12.7. The van der Waals surface area contributed by atoms with Gasteiger partial charge in [0.2, 0.25) is 0 Å². The molecule has 0 saturated carbocycles. The predicted molar refractivity (Wildman–Crippen MR) is 118 cm³/mol. The first-order chi connectivity index (χ1) is 14.3. The molecule has 1 aromatic heterocycles. The summed E-state index contributed by atoms with van der Waals surface area (Å²) in [5.41, 5.74) is 5.32. The average molecular weight is 375 g/mol. The van der Waals surface area contributed by atoms with Gasteiger partial charge < -0.3 is 0 Å². The Kier molecular flexibility index (Phi) is 4.53. The van der Waals surface area contributed by atoms with Crippen LogP contribution in [0.15, 0.2) is 103 Å². The number of hydrogen-bond acceptors (Lipinski definition) is 2. The van der Waals surface area contributed by atoms with Crippen molar-refractivity contribution in [3.8, 4) is 0 Å². The fraction of sp³-hybridized carbons (Fsp3) is 0.111. The van der Waals surface area contributed by atoms with Crippen molar-refractivity contribution in [2.45, 2.75) is 18.3 Å². The molecule has 4 aromatic rings. The summed E-state index contributed by atoms with van der Waals surface area (Å²) in [6.45, 7) is 0. The van der Waals surface area contributed by atoms with E-state index in [-0.39, 0.29) is 17.6 Å². The molecule has 2 heteroatoms. The largest absolute Gasteiger partial charge is 0.295 e. The molecule has 2 nitrogen and oxygen atoms in total. The number of benzene rings is 3. The summed E-state index contributed by atoms with van der Waals surface area (Å²) in [7, 11) is 0. The van der Waals surface area contributed by atoms with Crippen molar-refractivity contribution in [3.05, 3.63) is 120 Å². The van der Waals surface area contributed by atoms with Crippen LogP contribution in [0.25, 0.3) is 16.5 Å². The second kappa shape index (κ2) is 7.48. The van der Waals surface area contributed by atoms with Crippen molar-refractivity contribution in [2.24, 2.45) is 0 Å². The van der Waals surface area contributed by atoms with E-state index < -0.39 is 0 Å². The van der Waals surface area contributed by atoms with Crippen LogP contribution in [0.1, 0.15) is 35.1 Å². The topological polar surface area (TPSA) is 30.0 Å². The van der Waals surface area contributed by atoms with Gasteiger partial charge in [-0.15, -0.1) is 0 Å². The summed E-state index contributed by atoms with van der Waals surface area (Å²) in [5.74, 6) is 0.273. The lowest BCUT2D eigenvalue weighted by Crippen LogP contribution is -2.22. The molecular weight excluding hydrogens is 354 g/mol. The van der Waals surface area contributed by atoms with Crippen LogP contribution >= 0.6 is 0 Å². The Morgan fingerprint density at radius 1 is 0.724 bits per heavy atom. The number of fused-ring (bicyclic) bond motifs is 1. The van der Waals surface area contributed by atoms with Crippen LogP contribution in [0.3, 0.4) is 0 Å². The Morgan fingerprint density at radius 2 is 1.41 bits per heavy atom. The summed E-state index contributed by atoms with van der Waals surface area (Å²) in [6.07, 6.45) is 2.33. The van der Waals surface area contributed by atoms with Gasteiger partial charge in [-0.25, -0.2) is 0 Å². The minimum atomic E-state index is 0.0297.